The third-order valence-electron chi connectivity index (χ3n) is 3.94. The fourth-order valence-electron chi connectivity index (χ4n) is 2.81. The molecule has 0 amide bonds. The second kappa shape index (κ2) is 4.83. The van der Waals surface area contributed by atoms with Gasteiger partial charge in [-0.2, -0.15) is 0 Å². The first kappa shape index (κ1) is 10.7. The molecule has 0 nitrogen and oxygen atoms in total. The summed E-state index contributed by atoms with van der Waals surface area (Å²) in [5, 5.41) is 0. The summed E-state index contributed by atoms with van der Waals surface area (Å²) in [7, 11) is 0. The van der Waals surface area contributed by atoms with E-state index < -0.39 is 0 Å². The van der Waals surface area contributed by atoms with E-state index in [2.05, 4.69) is 32.0 Å². The van der Waals surface area contributed by atoms with Gasteiger partial charge in [0.1, 0.15) is 0 Å². The van der Waals surface area contributed by atoms with Crippen molar-refractivity contribution >= 4 is 0 Å². The normalized spacial score (nSPS) is 18.8. The fourth-order valence-corrected chi connectivity index (χ4v) is 2.81. The van der Waals surface area contributed by atoms with Crippen LogP contribution < -0.4 is 0 Å². The van der Waals surface area contributed by atoms with Crippen LogP contribution in [-0.4, -0.2) is 0 Å². The second-order valence-corrected chi connectivity index (χ2v) is 4.98. The molecule has 0 N–H and O–H groups in total. The SMILES string of the molecule is Cc1cccc(C2CCCCCC2)c1C. The molecule has 0 saturated heterocycles. The molecule has 0 heteroatoms. The summed E-state index contributed by atoms with van der Waals surface area (Å²) in [5.74, 6) is 0.840. The molecule has 0 atom stereocenters. The lowest BCUT2D eigenvalue weighted by atomic mass is 9.87. The van der Waals surface area contributed by atoms with Crippen molar-refractivity contribution in [2.45, 2.75) is 58.3 Å². The maximum Gasteiger partial charge on any atom is -0.0159 e. The lowest BCUT2D eigenvalue weighted by Crippen LogP contribution is -2.01. The van der Waals surface area contributed by atoms with Crippen molar-refractivity contribution in [3.8, 4) is 0 Å². The topological polar surface area (TPSA) is 0 Å². The van der Waals surface area contributed by atoms with Crippen LogP contribution in [-0.2, 0) is 0 Å². The van der Waals surface area contributed by atoms with E-state index in [4.69, 9.17) is 0 Å². The van der Waals surface area contributed by atoms with Crippen LogP contribution in [0.2, 0.25) is 0 Å². The van der Waals surface area contributed by atoms with Gasteiger partial charge in [-0.3, -0.25) is 0 Å². The molecule has 1 aliphatic rings. The van der Waals surface area contributed by atoms with Gasteiger partial charge in [-0.25, -0.2) is 0 Å². The average Bonchev–Trinajstić information content (AvgIpc) is 2.50. The number of benzene rings is 1. The molecular weight excluding hydrogens is 180 g/mol. The van der Waals surface area contributed by atoms with Crippen molar-refractivity contribution in [2.75, 3.05) is 0 Å². The highest BCUT2D eigenvalue weighted by Gasteiger charge is 2.16. The molecule has 82 valence electrons. The van der Waals surface area contributed by atoms with Crippen LogP contribution in [0.4, 0.5) is 0 Å². The molecule has 15 heavy (non-hydrogen) atoms. The Morgan fingerprint density at radius 2 is 1.60 bits per heavy atom. The first-order chi connectivity index (χ1) is 7.29. The Bertz CT molecular complexity index is 317. The largest absolute Gasteiger partial charge is 0.0617 e. The van der Waals surface area contributed by atoms with Gasteiger partial charge in [0.2, 0.25) is 0 Å². The van der Waals surface area contributed by atoms with Crippen LogP contribution >= 0.6 is 0 Å². The fraction of sp³-hybridized carbons (Fsp3) is 0.600. The summed E-state index contributed by atoms with van der Waals surface area (Å²) < 4.78 is 0. The molecule has 0 spiro atoms. The van der Waals surface area contributed by atoms with Crippen molar-refractivity contribution < 1.29 is 0 Å². The van der Waals surface area contributed by atoms with Crippen LogP contribution in [0.15, 0.2) is 18.2 Å². The number of hydrogen-bond acceptors (Lipinski definition) is 0. The molecule has 0 radical (unpaired) electrons. The zero-order chi connectivity index (χ0) is 10.7. The van der Waals surface area contributed by atoms with E-state index in [1.807, 2.05) is 0 Å². The molecule has 0 heterocycles. The Balaban J connectivity index is 2.23. The Morgan fingerprint density at radius 3 is 2.27 bits per heavy atom. The number of aryl methyl sites for hydroxylation is 1. The predicted octanol–water partition coefficient (Wildman–Crippen LogP) is 4.74. The monoisotopic (exact) mass is 202 g/mol. The first-order valence-electron chi connectivity index (χ1n) is 6.35. The maximum absolute atomic E-state index is 2.35. The van der Waals surface area contributed by atoms with Crippen LogP contribution in [0.3, 0.4) is 0 Å². The van der Waals surface area contributed by atoms with Crippen molar-refractivity contribution in [1.82, 2.24) is 0 Å². The third kappa shape index (κ3) is 2.42. The van der Waals surface area contributed by atoms with Crippen LogP contribution in [0.5, 0.6) is 0 Å². The highest BCUT2D eigenvalue weighted by Crippen LogP contribution is 2.33. The number of hydrogen-bond donors (Lipinski definition) is 0. The Labute approximate surface area is 93.7 Å². The van der Waals surface area contributed by atoms with Gasteiger partial charge >= 0.3 is 0 Å². The molecule has 1 saturated carbocycles. The first-order valence-corrected chi connectivity index (χ1v) is 6.35. The molecule has 0 unspecified atom stereocenters. The van der Waals surface area contributed by atoms with Crippen molar-refractivity contribution in [3.05, 3.63) is 34.9 Å². The predicted molar refractivity (Wildman–Crippen MR) is 66.4 cm³/mol. The van der Waals surface area contributed by atoms with E-state index in [1.165, 1.54) is 49.7 Å². The summed E-state index contributed by atoms with van der Waals surface area (Å²) in [5.41, 5.74) is 4.61. The maximum atomic E-state index is 2.35. The van der Waals surface area contributed by atoms with Crippen LogP contribution in [0, 0.1) is 13.8 Å². The summed E-state index contributed by atoms with van der Waals surface area (Å²) in [4.78, 5) is 0. The quantitative estimate of drug-likeness (QED) is 0.577. The van der Waals surface area contributed by atoms with Crippen molar-refractivity contribution in [3.63, 3.8) is 0 Å². The van der Waals surface area contributed by atoms with Crippen LogP contribution in [0.25, 0.3) is 0 Å². The zero-order valence-electron chi connectivity index (χ0n) is 10.1. The van der Waals surface area contributed by atoms with Crippen molar-refractivity contribution in [2.24, 2.45) is 0 Å². The molecule has 0 aromatic heterocycles. The summed E-state index contributed by atoms with van der Waals surface area (Å²) >= 11 is 0. The second-order valence-electron chi connectivity index (χ2n) is 4.98. The lowest BCUT2D eigenvalue weighted by molar-refractivity contribution is 0.589. The van der Waals surface area contributed by atoms with E-state index >= 15 is 0 Å². The van der Waals surface area contributed by atoms with E-state index in [0.717, 1.165) is 5.92 Å². The molecule has 2 rings (SSSR count). The minimum atomic E-state index is 0.840. The summed E-state index contributed by atoms with van der Waals surface area (Å²) in [6.07, 6.45) is 8.56. The Morgan fingerprint density at radius 1 is 0.933 bits per heavy atom. The van der Waals surface area contributed by atoms with Gasteiger partial charge in [0.25, 0.3) is 0 Å². The molecule has 1 aromatic carbocycles. The Kier molecular flexibility index (Phi) is 3.45. The van der Waals surface area contributed by atoms with E-state index in [9.17, 15) is 0 Å². The van der Waals surface area contributed by atoms with Gasteiger partial charge in [0, 0.05) is 0 Å². The molecule has 0 aliphatic heterocycles. The summed E-state index contributed by atoms with van der Waals surface area (Å²) in [6.45, 7) is 4.52. The summed E-state index contributed by atoms with van der Waals surface area (Å²) in [6, 6.07) is 6.80. The van der Waals surface area contributed by atoms with E-state index in [0.29, 0.717) is 0 Å². The zero-order valence-corrected chi connectivity index (χ0v) is 10.1. The van der Waals surface area contributed by atoms with E-state index in [1.54, 1.807) is 5.56 Å². The van der Waals surface area contributed by atoms with E-state index in [-0.39, 0.29) is 0 Å². The minimum absolute atomic E-state index is 0.840. The molecule has 1 aromatic rings. The standard InChI is InChI=1S/C15H22/c1-12-8-7-11-15(13(12)2)14-9-5-3-4-6-10-14/h7-8,11,14H,3-6,9-10H2,1-2H3. The van der Waals surface area contributed by atoms with Gasteiger partial charge in [0.05, 0.1) is 0 Å². The molecule has 1 fully saturated rings. The van der Waals surface area contributed by atoms with Gasteiger partial charge in [-0.05, 0) is 49.3 Å². The average molecular weight is 202 g/mol. The van der Waals surface area contributed by atoms with Crippen molar-refractivity contribution in [1.29, 1.82) is 0 Å². The molecule has 1 aliphatic carbocycles. The highest BCUT2D eigenvalue weighted by molar-refractivity contribution is 5.35. The van der Waals surface area contributed by atoms with Gasteiger partial charge in [-0.1, -0.05) is 43.9 Å². The lowest BCUT2D eigenvalue weighted by Gasteiger charge is -2.18. The number of rotatable bonds is 1. The molecular formula is C15H22. The minimum Gasteiger partial charge on any atom is -0.0617 e. The van der Waals surface area contributed by atoms with Gasteiger partial charge in [-0.15, -0.1) is 0 Å². The smallest absolute Gasteiger partial charge is 0.0159 e. The third-order valence-corrected chi connectivity index (χ3v) is 3.94. The highest BCUT2D eigenvalue weighted by atomic mass is 14.2. The van der Waals surface area contributed by atoms with Gasteiger partial charge < -0.3 is 0 Å². The molecule has 0 bridgehead atoms. The Hall–Kier alpha value is -0.780. The van der Waals surface area contributed by atoms with Crippen LogP contribution in [0.1, 0.15) is 61.1 Å². The van der Waals surface area contributed by atoms with Gasteiger partial charge in [0.15, 0.2) is 0 Å².